The molecule has 0 amide bonds. The Kier molecular flexibility index (Phi) is 5.14. The molecule has 0 bridgehead atoms. The molecular formula is C24H22N8O. The summed E-state index contributed by atoms with van der Waals surface area (Å²) in [6.07, 6.45) is 8.65. The van der Waals surface area contributed by atoms with Crippen molar-refractivity contribution in [3.63, 3.8) is 0 Å². The summed E-state index contributed by atoms with van der Waals surface area (Å²) in [7, 11) is 1.62. The number of nitrogens with one attached hydrogen (secondary N) is 1. The van der Waals surface area contributed by atoms with Crippen LogP contribution in [0.15, 0.2) is 66.1 Å². The van der Waals surface area contributed by atoms with Gasteiger partial charge in [0.05, 0.1) is 29.2 Å². The van der Waals surface area contributed by atoms with Crippen molar-refractivity contribution in [1.29, 1.82) is 0 Å². The maximum atomic E-state index is 12.4. The summed E-state index contributed by atoms with van der Waals surface area (Å²) in [5, 5.41) is 11.8. The van der Waals surface area contributed by atoms with Crippen LogP contribution in [0.1, 0.15) is 16.8 Å². The van der Waals surface area contributed by atoms with E-state index in [2.05, 4.69) is 43.5 Å². The smallest absolute Gasteiger partial charge is 0.274 e. The lowest BCUT2D eigenvalue weighted by molar-refractivity contribution is 0.709. The number of nitrogens with zero attached hydrogens (tertiary/aromatic N) is 7. The number of anilines is 1. The number of imidazole rings is 1. The standard InChI is InChI=1S/C24H22N8O/c1-15-8-17(11-26-22(15)18-4-6-25-16(2)9-18)12-27-24-28-14-20-10-19(13-30-32(20)24)21-5-7-29-31(3)23(21)33/h4-11,13-14H,12H2,1-3H3,(H,27,28). The summed E-state index contributed by atoms with van der Waals surface area (Å²) in [4.78, 5) is 25.7. The van der Waals surface area contributed by atoms with Crippen molar-refractivity contribution in [1.82, 2.24) is 34.3 Å². The lowest BCUT2D eigenvalue weighted by Gasteiger charge is -2.10. The van der Waals surface area contributed by atoms with Gasteiger partial charge in [0.25, 0.3) is 5.56 Å². The van der Waals surface area contributed by atoms with Gasteiger partial charge in [-0.15, -0.1) is 0 Å². The normalized spacial score (nSPS) is 11.1. The van der Waals surface area contributed by atoms with E-state index in [1.807, 2.05) is 31.3 Å². The minimum atomic E-state index is -0.172. The van der Waals surface area contributed by atoms with Gasteiger partial charge in [-0.3, -0.25) is 14.8 Å². The maximum absolute atomic E-state index is 12.4. The lowest BCUT2D eigenvalue weighted by atomic mass is 10.1. The third-order valence-corrected chi connectivity index (χ3v) is 5.45. The van der Waals surface area contributed by atoms with Gasteiger partial charge in [0.2, 0.25) is 5.95 Å². The molecule has 0 atom stereocenters. The first kappa shape index (κ1) is 20.5. The van der Waals surface area contributed by atoms with Crippen molar-refractivity contribution in [3.8, 4) is 22.4 Å². The third-order valence-electron chi connectivity index (χ3n) is 5.45. The molecule has 5 heterocycles. The zero-order valence-corrected chi connectivity index (χ0v) is 18.5. The van der Waals surface area contributed by atoms with Gasteiger partial charge in [-0.25, -0.2) is 9.67 Å². The van der Waals surface area contributed by atoms with Crippen LogP contribution >= 0.6 is 0 Å². The molecule has 0 radical (unpaired) electrons. The van der Waals surface area contributed by atoms with Crippen LogP contribution in [0.2, 0.25) is 0 Å². The number of fused-ring (bicyclic) bond motifs is 1. The highest BCUT2D eigenvalue weighted by molar-refractivity contribution is 5.67. The van der Waals surface area contributed by atoms with E-state index in [-0.39, 0.29) is 5.56 Å². The van der Waals surface area contributed by atoms with Crippen molar-refractivity contribution in [2.24, 2.45) is 7.05 Å². The number of aryl methyl sites for hydroxylation is 3. The van der Waals surface area contributed by atoms with E-state index in [9.17, 15) is 4.79 Å². The fourth-order valence-corrected chi connectivity index (χ4v) is 3.79. The van der Waals surface area contributed by atoms with Gasteiger partial charge in [-0.05, 0) is 49.2 Å². The largest absolute Gasteiger partial charge is 0.350 e. The SMILES string of the molecule is Cc1cc(-c2ncc(CNc3ncc4cc(-c5ccnn(C)c5=O)cnn34)cc2C)ccn1. The van der Waals surface area contributed by atoms with Gasteiger partial charge >= 0.3 is 0 Å². The third kappa shape index (κ3) is 3.96. The van der Waals surface area contributed by atoms with E-state index < -0.39 is 0 Å². The number of hydrogen-bond donors (Lipinski definition) is 1. The molecule has 0 saturated carbocycles. The molecule has 0 aromatic carbocycles. The molecule has 0 spiro atoms. The average molecular weight is 438 g/mol. The molecule has 9 heteroatoms. The number of pyridine rings is 2. The highest BCUT2D eigenvalue weighted by Gasteiger charge is 2.11. The Hall–Kier alpha value is -4.40. The summed E-state index contributed by atoms with van der Waals surface area (Å²) in [5.41, 5.74) is 6.98. The second kappa shape index (κ2) is 8.27. The summed E-state index contributed by atoms with van der Waals surface area (Å²) in [6.45, 7) is 4.58. The van der Waals surface area contributed by atoms with Crippen molar-refractivity contribution in [3.05, 3.63) is 88.5 Å². The van der Waals surface area contributed by atoms with Crippen LogP contribution in [0, 0.1) is 13.8 Å². The van der Waals surface area contributed by atoms with Crippen molar-refractivity contribution < 1.29 is 0 Å². The van der Waals surface area contributed by atoms with E-state index in [4.69, 9.17) is 0 Å². The Labute approximate surface area is 189 Å². The first-order chi connectivity index (χ1) is 16.0. The van der Waals surface area contributed by atoms with Gasteiger partial charge < -0.3 is 5.32 Å². The van der Waals surface area contributed by atoms with E-state index in [0.717, 1.165) is 39.2 Å². The molecule has 0 aliphatic rings. The summed E-state index contributed by atoms with van der Waals surface area (Å²) in [5.74, 6) is 0.616. The van der Waals surface area contributed by atoms with E-state index >= 15 is 0 Å². The Balaban J connectivity index is 1.36. The molecule has 33 heavy (non-hydrogen) atoms. The molecule has 164 valence electrons. The summed E-state index contributed by atoms with van der Waals surface area (Å²) in [6, 6.07) is 9.70. The van der Waals surface area contributed by atoms with Crippen molar-refractivity contribution in [2.75, 3.05) is 5.32 Å². The minimum absolute atomic E-state index is 0.172. The Morgan fingerprint density at radius 3 is 2.61 bits per heavy atom. The predicted octanol–water partition coefficient (Wildman–Crippen LogP) is 3.18. The monoisotopic (exact) mass is 438 g/mol. The zero-order chi connectivity index (χ0) is 22.9. The highest BCUT2D eigenvalue weighted by Crippen LogP contribution is 2.23. The quantitative estimate of drug-likeness (QED) is 0.449. The van der Waals surface area contributed by atoms with Gasteiger partial charge in [0.15, 0.2) is 0 Å². The Bertz CT molecular complexity index is 1540. The molecule has 9 nitrogen and oxygen atoms in total. The van der Waals surface area contributed by atoms with Crippen LogP contribution < -0.4 is 10.9 Å². The zero-order valence-electron chi connectivity index (χ0n) is 18.5. The topological polar surface area (TPSA) is 103 Å². The number of hydrogen-bond acceptors (Lipinski definition) is 7. The van der Waals surface area contributed by atoms with E-state index in [0.29, 0.717) is 18.1 Å². The molecule has 0 fully saturated rings. The van der Waals surface area contributed by atoms with Crippen LogP contribution in [0.3, 0.4) is 0 Å². The summed E-state index contributed by atoms with van der Waals surface area (Å²) >= 11 is 0. The minimum Gasteiger partial charge on any atom is -0.350 e. The molecule has 1 N–H and O–H groups in total. The predicted molar refractivity (Wildman–Crippen MR) is 126 cm³/mol. The van der Waals surface area contributed by atoms with Crippen LogP contribution in [0.5, 0.6) is 0 Å². The van der Waals surface area contributed by atoms with E-state index in [1.54, 1.807) is 42.4 Å². The van der Waals surface area contributed by atoms with Gasteiger partial charge in [0.1, 0.15) is 0 Å². The van der Waals surface area contributed by atoms with E-state index in [1.165, 1.54) is 4.68 Å². The second-order valence-corrected chi connectivity index (χ2v) is 7.88. The fraction of sp³-hybridized carbons (Fsp3) is 0.167. The second-order valence-electron chi connectivity index (χ2n) is 7.88. The maximum Gasteiger partial charge on any atom is 0.274 e. The number of rotatable bonds is 5. The van der Waals surface area contributed by atoms with Gasteiger partial charge in [-0.2, -0.15) is 14.7 Å². The molecule has 0 aliphatic carbocycles. The lowest BCUT2D eigenvalue weighted by Crippen LogP contribution is -2.20. The fourth-order valence-electron chi connectivity index (χ4n) is 3.79. The highest BCUT2D eigenvalue weighted by atomic mass is 16.1. The Morgan fingerprint density at radius 1 is 0.909 bits per heavy atom. The van der Waals surface area contributed by atoms with Crippen LogP contribution in [-0.2, 0) is 13.6 Å². The molecule has 0 saturated heterocycles. The molecule has 0 aliphatic heterocycles. The van der Waals surface area contributed by atoms with Gasteiger partial charge in [0, 0.05) is 49.0 Å². The molecule has 0 unspecified atom stereocenters. The Morgan fingerprint density at radius 2 is 1.79 bits per heavy atom. The molecular weight excluding hydrogens is 416 g/mol. The van der Waals surface area contributed by atoms with Crippen LogP contribution in [-0.4, -0.2) is 34.3 Å². The number of aromatic nitrogens is 7. The first-order valence-corrected chi connectivity index (χ1v) is 10.5. The molecule has 5 rings (SSSR count). The van der Waals surface area contributed by atoms with Crippen LogP contribution in [0.25, 0.3) is 27.9 Å². The molecule has 5 aromatic heterocycles. The van der Waals surface area contributed by atoms with Crippen LogP contribution in [0.4, 0.5) is 5.95 Å². The van der Waals surface area contributed by atoms with Crippen molar-refractivity contribution in [2.45, 2.75) is 20.4 Å². The van der Waals surface area contributed by atoms with Crippen molar-refractivity contribution >= 4 is 11.5 Å². The average Bonchev–Trinajstić information content (AvgIpc) is 3.22. The first-order valence-electron chi connectivity index (χ1n) is 10.5. The summed E-state index contributed by atoms with van der Waals surface area (Å²) < 4.78 is 3.02. The van der Waals surface area contributed by atoms with Gasteiger partial charge in [-0.1, -0.05) is 6.07 Å². The molecule has 5 aromatic rings.